The first kappa shape index (κ1) is 12.8. The second-order valence-electron chi connectivity index (χ2n) is 4.29. The van der Waals surface area contributed by atoms with Crippen LogP contribution in [0.3, 0.4) is 0 Å². The zero-order valence-electron chi connectivity index (χ0n) is 10.1. The molecule has 0 saturated heterocycles. The Hall–Kier alpha value is -2.21. The van der Waals surface area contributed by atoms with Gasteiger partial charge in [0.25, 0.3) is 11.8 Å². The Morgan fingerprint density at radius 1 is 1.15 bits per heavy atom. The van der Waals surface area contributed by atoms with Crippen molar-refractivity contribution in [2.75, 3.05) is 6.54 Å². The largest absolute Gasteiger partial charge is 0.461 e. The van der Waals surface area contributed by atoms with Gasteiger partial charge in [-0.1, -0.05) is 15.9 Å². The lowest BCUT2D eigenvalue weighted by molar-refractivity contribution is 0.0619. The number of rotatable bonds is 3. The third-order valence-electron chi connectivity index (χ3n) is 3.03. The number of hydrogen-bond acceptors (Lipinski definition) is 4. The minimum Gasteiger partial charge on any atom is -0.461 e. The van der Waals surface area contributed by atoms with Gasteiger partial charge in [0.2, 0.25) is 5.78 Å². The summed E-state index contributed by atoms with van der Waals surface area (Å²) in [6.07, 6.45) is 1.37. The van der Waals surface area contributed by atoms with Gasteiger partial charge in [0.1, 0.15) is 0 Å². The Morgan fingerprint density at radius 2 is 1.90 bits per heavy atom. The number of Topliss-reactive ketones (excluding diaryl/α,β-unsaturated/α-hetero) is 1. The molecule has 0 radical (unpaired) electrons. The predicted octanol–water partition coefficient (Wildman–Crippen LogP) is 2.52. The summed E-state index contributed by atoms with van der Waals surface area (Å²) in [4.78, 5) is 37.2. The van der Waals surface area contributed by atoms with E-state index in [2.05, 4.69) is 15.9 Å². The molecule has 100 valence electrons. The molecular formula is C14H8BrNO4. The minimum absolute atomic E-state index is 0.128. The van der Waals surface area contributed by atoms with Gasteiger partial charge in [-0.3, -0.25) is 19.3 Å². The number of benzene rings is 1. The maximum atomic E-state index is 12.2. The van der Waals surface area contributed by atoms with Crippen LogP contribution in [-0.4, -0.2) is 29.0 Å². The monoisotopic (exact) mass is 333 g/mol. The number of furan rings is 1. The molecule has 20 heavy (non-hydrogen) atoms. The highest BCUT2D eigenvalue weighted by molar-refractivity contribution is 9.10. The van der Waals surface area contributed by atoms with Crippen LogP contribution in [0.15, 0.2) is 45.5 Å². The van der Waals surface area contributed by atoms with Crippen molar-refractivity contribution in [2.45, 2.75) is 0 Å². The van der Waals surface area contributed by atoms with Crippen molar-refractivity contribution in [1.82, 2.24) is 4.90 Å². The van der Waals surface area contributed by atoms with Gasteiger partial charge in [0, 0.05) is 4.47 Å². The average molecular weight is 334 g/mol. The summed E-state index contributed by atoms with van der Waals surface area (Å²) in [5, 5.41) is 0. The highest BCUT2D eigenvalue weighted by atomic mass is 79.9. The molecule has 0 N–H and O–H groups in total. The molecule has 1 aromatic carbocycles. The fourth-order valence-corrected chi connectivity index (χ4v) is 2.43. The highest BCUT2D eigenvalue weighted by Crippen LogP contribution is 2.26. The molecule has 3 rings (SSSR count). The Labute approximate surface area is 122 Å². The van der Waals surface area contributed by atoms with E-state index in [4.69, 9.17) is 4.42 Å². The van der Waals surface area contributed by atoms with Crippen LogP contribution < -0.4 is 0 Å². The summed E-state index contributed by atoms with van der Waals surface area (Å²) < 4.78 is 5.67. The molecule has 0 aliphatic carbocycles. The van der Waals surface area contributed by atoms with E-state index in [-0.39, 0.29) is 12.3 Å². The maximum Gasteiger partial charge on any atom is 0.262 e. The summed E-state index contributed by atoms with van der Waals surface area (Å²) in [6.45, 7) is -0.322. The van der Waals surface area contributed by atoms with Crippen LogP contribution in [0.5, 0.6) is 0 Å². The summed E-state index contributed by atoms with van der Waals surface area (Å²) in [7, 11) is 0. The van der Waals surface area contributed by atoms with Crippen molar-refractivity contribution in [2.24, 2.45) is 0 Å². The van der Waals surface area contributed by atoms with E-state index in [1.165, 1.54) is 12.3 Å². The quantitative estimate of drug-likeness (QED) is 0.639. The second kappa shape index (κ2) is 4.72. The number of ketones is 1. The average Bonchev–Trinajstić information content (AvgIpc) is 3.03. The number of carbonyl (C=O) groups is 3. The van der Waals surface area contributed by atoms with Crippen molar-refractivity contribution in [3.8, 4) is 0 Å². The molecular weight excluding hydrogens is 326 g/mol. The SMILES string of the molecule is O=C(CN1C(=O)c2ccc(Br)cc2C1=O)c1ccco1. The van der Waals surface area contributed by atoms with Crippen LogP contribution in [0, 0.1) is 0 Å². The normalized spacial score (nSPS) is 13.8. The molecule has 2 heterocycles. The molecule has 0 saturated carbocycles. The van der Waals surface area contributed by atoms with Crippen LogP contribution in [0.1, 0.15) is 31.3 Å². The molecule has 0 spiro atoms. The fraction of sp³-hybridized carbons (Fsp3) is 0.0714. The second-order valence-corrected chi connectivity index (χ2v) is 5.20. The van der Waals surface area contributed by atoms with Crippen LogP contribution in [-0.2, 0) is 0 Å². The zero-order valence-corrected chi connectivity index (χ0v) is 11.7. The van der Waals surface area contributed by atoms with E-state index in [1.807, 2.05) is 0 Å². The van der Waals surface area contributed by atoms with Crippen LogP contribution in [0.2, 0.25) is 0 Å². The molecule has 5 nitrogen and oxygen atoms in total. The summed E-state index contributed by atoms with van der Waals surface area (Å²) >= 11 is 3.25. The van der Waals surface area contributed by atoms with Crippen molar-refractivity contribution >= 4 is 33.5 Å². The lowest BCUT2D eigenvalue weighted by atomic mass is 10.1. The lowest BCUT2D eigenvalue weighted by Gasteiger charge is -2.11. The number of halogens is 1. The number of fused-ring (bicyclic) bond motifs is 1. The Morgan fingerprint density at radius 3 is 2.60 bits per heavy atom. The molecule has 0 fully saturated rings. The van der Waals surface area contributed by atoms with E-state index in [1.54, 1.807) is 24.3 Å². The first-order chi connectivity index (χ1) is 9.58. The first-order valence-electron chi connectivity index (χ1n) is 5.80. The molecule has 0 bridgehead atoms. The third-order valence-corrected chi connectivity index (χ3v) is 3.52. The molecule has 0 unspecified atom stereocenters. The van der Waals surface area contributed by atoms with Gasteiger partial charge in [0.15, 0.2) is 5.76 Å². The Bertz CT molecular complexity index is 721. The lowest BCUT2D eigenvalue weighted by Crippen LogP contribution is -2.34. The van der Waals surface area contributed by atoms with Gasteiger partial charge in [-0.15, -0.1) is 0 Å². The summed E-state index contributed by atoms with van der Waals surface area (Å²) in [5.41, 5.74) is 0.613. The summed E-state index contributed by atoms with van der Waals surface area (Å²) in [6, 6.07) is 7.90. The van der Waals surface area contributed by atoms with Gasteiger partial charge < -0.3 is 4.42 Å². The van der Waals surface area contributed by atoms with Crippen LogP contribution >= 0.6 is 15.9 Å². The van der Waals surface area contributed by atoms with E-state index in [9.17, 15) is 14.4 Å². The number of hydrogen-bond donors (Lipinski definition) is 0. The van der Waals surface area contributed by atoms with Gasteiger partial charge in [-0.2, -0.15) is 0 Å². The van der Waals surface area contributed by atoms with Crippen molar-refractivity contribution in [3.05, 3.63) is 58.0 Å². The van der Waals surface area contributed by atoms with E-state index < -0.39 is 17.6 Å². The molecule has 6 heteroatoms. The highest BCUT2D eigenvalue weighted by Gasteiger charge is 2.37. The minimum atomic E-state index is -0.466. The molecule has 2 aromatic rings. The van der Waals surface area contributed by atoms with E-state index in [0.29, 0.717) is 15.6 Å². The van der Waals surface area contributed by atoms with Crippen molar-refractivity contribution < 1.29 is 18.8 Å². The number of carbonyl (C=O) groups excluding carboxylic acids is 3. The van der Waals surface area contributed by atoms with Crippen molar-refractivity contribution in [1.29, 1.82) is 0 Å². The van der Waals surface area contributed by atoms with Crippen molar-refractivity contribution in [3.63, 3.8) is 0 Å². The van der Waals surface area contributed by atoms with Gasteiger partial charge in [0.05, 0.1) is 23.9 Å². The molecule has 1 aliphatic rings. The van der Waals surface area contributed by atoms with Crippen LogP contribution in [0.4, 0.5) is 0 Å². The maximum absolute atomic E-state index is 12.2. The number of imide groups is 1. The molecule has 1 aromatic heterocycles. The topological polar surface area (TPSA) is 67.6 Å². The number of nitrogens with zero attached hydrogens (tertiary/aromatic N) is 1. The van der Waals surface area contributed by atoms with Gasteiger partial charge in [-0.05, 0) is 30.3 Å². The molecule has 2 amide bonds. The van der Waals surface area contributed by atoms with Gasteiger partial charge in [-0.25, -0.2) is 0 Å². The predicted molar refractivity (Wildman–Crippen MR) is 72.5 cm³/mol. The molecule has 1 aliphatic heterocycles. The standard InChI is InChI=1S/C14H8BrNO4/c15-8-3-4-9-10(6-8)14(19)16(13(9)18)7-11(17)12-2-1-5-20-12/h1-6H,7H2. The summed E-state index contributed by atoms with van der Waals surface area (Å²) in [5.74, 6) is -1.21. The van der Waals surface area contributed by atoms with Crippen LogP contribution in [0.25, 0.3) is 0 Å². The number of amides is 2. The first-order valence-corrected chi connectivity index (χ1v) is 6.59. The third kappa shape index (κ3) is 1.98. The zero-order chi connectivity index (χ0) is 14.3. The van der Waals surface area contributed by atoms with E-state index in [0.717, 1.165) is 4.90 Å². The molecule has 0 atom stereocenters. The Kier molecular flexibility index (Phi) is 3.02. The van der Waals surface area contributed by atoms with E-state index >= 15 is 0 Å². The van der Waals surface area contributed by atoms with Gasteiger partial charge >= 0.3 is 0 Å². The fourth-order valence-electron chi connectivity index (χ4n) is 2.07. The smallest absolute Gasteiger partial charge is 0.262 e. The Balaban J connectivity index is 1.88.